The maximum atomic E-state index is 10.9. The normalized spacial score (nSPS) is 44.2. The van der Waals surface area contributed by atoms with E-state index in [0.717, 1.165) is 0 Å². The second kappa shape index (κ2) is 2.62. The molecule has 2 N–H and O–H groups in total. The molecule has 0 spiro atoms. The van der Waals surface area contributed by atoms with Gasteiger partial charge in [-0.2, -0.15) is 0 Å². The van der Waals surface area contributed by atoms with Crippen molar-refractivity contribution in [1.29, 1.82) is 0 Å². The minimum Gasteiger partial charge on any atom is -0.456 e. The van der Waals surface area contributed by atoms with Crippen LogP contribution < -0.4 is 0 Å². The first kappa shape index (κ1) is 8.77. The average molecular weight is 181 g/mol. The highest BCUT2D eigenvalue weighted by molar-refractivity contribution is 6.34. The Bertz CT molecular complexity index is 179. The summed E-state index contributed by atoms with van der Waals surface area (Å²) >= 11 is 5.61. The number of carbonyl (C=O) groups is 1. The number of halogens is 1. The van der Waals surface area contributed by atoms with Crippen molar-refractivity contribution in [3.8, 4) is 0 Å². The van der Waals surface area contributed by atoms with Gasteiger partial charge in [0.2, 0.25) is 0 Å². The maximum Gasteiger partial charge on any atom is 0.330 e. The van der Waals surface area contributed by atoms with E-state index in [4.69, 9.17) is 16.7 Å². The predicted octanol–water partition coefficient (Wildman–Crippen LogP) is -0.738. The van der Waals surface area contributed by atoms with E-state index in [9.17, 15) is 9.90 Å². The fourth-order valence-corrected chi connectivity index (χ4v) is 1.11. The SMILES string of the molecule is C[C@]1(Cl)C(=O)O[C@H](CO)C1O. The lowest BCUT2D eigenvalue weighted by Gasteiger charge is -2.15. The van der Waals surface area contributed by atoms with E-state index in [2.05, 4.69) is 4.74 Å². The second-order valence-corrected chi connectivity index (χ2v) is 3.43. The number of aliphatic hydroxyl groups is 2. The third kappa shape index (κ3) is 1.21. The van der Waals surface area contributed by atoms with Crippen LogP contribution in [0.25, 0.3) is 0 Å². The quantitative estimate of drug-likeness (QED) is 0.412. The molecular formula is C6H9ClO4. The summed E-state index contributed by atoms with van der Waals surface area (Å²) in [5.41, 5.74) is 0. The van der Waals surface area contributed by atoms with E-state index < -0.39 is 29.7 Å². The van der Waals surface area contributed by atoms with E-state index in [1.54, 1.807) is 0 Å². The molecule has 0 amide bonds. The summed E-state index contributed by atoms with van der Waals surface area (Å²) in [6, 6.07) is 0. The highest BCUT2D eigenvalue weighted by Crippen LogP contribution is 2.31. The highest BCUT2D eigenvalue weighted by atomic mass is 35.5. The van der Waals surface area contributed by atoms with Crippen molar-refractivity contribution in [3.05, 3.63) is 0 Å². The van der Waals surface area contributed by atoms with Crippen LogP contribution in [0.3, 0.4) is 0 Å². The van der Waals surface area contributed by atoms with Crippen molar-refractivity contribution < 1.29 is 19.7 Å². The number of hydrogen-bond acceptors (Lipinski definition) is 4. The Hall–Kier alpha value is -0.320. The third-order valence-corrected chi connectivity index (χ3v) is 2.12. The number of rotatable bonds is 1. The van der Waals surface area contributed by atoms with Crippen molar-refractivity contribution >= 4 is 17.6 Å². The number of hydrogen-bond donors (Lipinski definition) is 2. The van der Waals surface area contributed by atoms with E-state index in [1.165, 1.54) is 6.92 Å². The minimum atomic E-state index is -1.41. The zero-order valence-electron chi connectivity index (χ0n) is 5.95. The summed E-state index contributed by atoms with van der Waals surface area (Å²) < 4.78 is 4.57. The van der Waals surface area contributed by atoms with Crippen molar-refractivity contribution in [3.63, 3.8) is 0 Å². The van der Waals surface area contributed by atoms with Gasteiger partial charge in [-0.3, -0.25) is 4.79 Å². The van der Waals surface area contributed by atoms with Gasteiger partial charge in [-0.15, -0.1) is 11.6 Å². The van der Waals surface area contributed by atoms with Gasteiger partial charge in [-0.25, -0.2) is 0 Å². The topological polar surface area (TPSA) is 66.8 Å². The minimum absolute atomic E-state index is 0.408. The molecule has 1 aliphatic heterocycles. The fraction of sp³-hybridized carbons (Fsp3) is 0.833. The monoisotopic (exact) mass is 180 g/mol. The summed E-state index contributed by atoms with van der Waals surface area (Å²) in [6.07, 6.45) is -2.02. The van der Waals surface area contributed by atoms with Crippen LogP contribution in [0.4, 0.5) is 0 Å². The number of carbonyl (C=O) groups excluding carboxylic acids is 1. The molecule has 0 aromatic rings. The third-order valence-electron chi connectivity index (χ3n) is 1.75. The molecule has 0 saturated carbocycles. The molecule has 11 heavy (non-hydrogen) atoms. The first-order chi connectivity index (χ1) is 5.00. The molecule has 4 nitrogen and oxygen atoms in total. The van der Waals surface area contributed by atoms with Gasteiger partial charge in [-0.05, 0) is 6.92 Å². The van der Waals surface area contributed by atoms with Crippen LogP contribution in [0.1, 0.15) is 6.92 Å². The lowest BCUT2D eigenvalue weighted by Crippen LogP contribution is -2.39. The summed E-state index contributed by atoms with van der Waals surface area (Å²) in [6.45, 7) is 0.951. The Morgan fingerprint density at radius 3 is 2.55 bits per heavy atom. The van der Waals surface area contributed by atoms with Crippen molar-refractivity contribution in [2.45, 2.75) is 24.0 Å². The average Bonchev–Trinajstić information content (AvgIpc) is 2.14. The number of aliphatic hydroxyl groups excluding tert-OH is 2. The first-order valence-electron chi connectivity index (χ1n) is 3.19. The zero-order valence-corrected chi connectivity index (χ0v) is 6.71. The smallest absolute Gasteiger partial charge is 0.330 e. The Morgan fingerprint density at radius 1 is 1.82 bits per heavy atom. The van der Waals surface area contributed by atoms with Crippen LogP contribution in [0, 0.1) is 0 Å². The Kier molecular flexibility index (Phi) is 2.09. The molecule has 1 rings (SSSR count). The van der Waals surface area contributed by atoms with E-state index in [-0.39, 0.29) is 0 Å². The standard InChI is InChI=1S/C6H9ClO4/c1-6(7)4(9)3(2-8)11-5(6)10/h3-4,8-9H,2H2,1H3/t3-,4?,6-/m1/s1. The number of esters is 1. The molecule has 1 heterocycles. The van der Waals surface area contributed by atoms with Gasteiger partial charge >= 0.3 is 5.97 Å². The summed E-state index contributed by atoms with van der Waals surface area (Å²) in [5, 5.41) is 17.8. The van der Waals surface area contributed by atoms with Gasteiger partial charge in [-0.1, -0.05) is 0 Å². The number of ether oxygens (including phenoxy) is 1. The van der Waals surface area contributed by atoms with E-state index in [1.807, 2.05) is 0 Å². The molecule has 0 bridgehead atoms. The molecule has 1 saturated heterocycles. The van der Waals surface area contributed by atoms with Gasteiger partial charge < -0.3 is 14.9 Å². The van der Waals surface area contributed by atoms with Gasteiger partial charge in [0.1, 0.15) is 6.10 Å². The van der Waals surface area contributed by atoms with Crippen LogP contribution in [-0.2, 0) is 9.53 Å². The molecule has 5 heteroatoms. The molecule has 1 unspecified atom stereocenters. The van der Waals surface area contributed by atoms with Gasteiger partial charge in [0, 0.05) is 0 Å². The largest absolute Gasteiger partial charge is 0.456 e. The zero-order chi connectivity index (χ0) is 8.65. The fourth-order valence-electron chi connectivity index (χ4n) is 0.924. The Labute approximate surface area is 68.7 Å². The molecule has 0 aromatic heterocycles. The molecule has 3 atom stereocenters. The number of cyclic esters (lactones) is 1. The van der Waals surface area contributed by atoms with Crippen LogP contribution in [0.2, 0.25) is 0 Å². The van der Waals surface area contributed by atoms with E-state index in [0.29, 0.717) is 0 Å². The molecular weight excluding hydrogens is 172 g/mol. The van der Waals surface area contributed by atoms with Crippen LogP contribution in [-0.4, -0.2) is 39.9 Å². The molecule has 1 aliphatic rings. The van der Waals surface area contributed by atoms with Crippen LogP contribution in [0.15, 0.2) is 0 Å². The number of alkyl halides is 1. The molecule has 64 valence electrons. The van der Waals surface area contributed by atoms with Gasteiger partial charge in [0.05, 0.1) is 6.61 Å². The predicted molar refractivity (Wildman–Crippen MR) is 37.2 cm³/mol. The Balaban J connectivity index is 2.80. The maximum absolute atomic E-state index is 10.9. The van der Waals surface area contributed by atoms with Gasteiger partial charge in [0.15, 0.2) is 11.0 Å². The molecule has 0 aliphatic carbocycles. The Morgan fingerprint density at radius 2 is 2.36 bits per heavy atom. The lowest BCUT2D eigenvalue weighted by atomic mass is 10.0. The van der Waals surface area contributed by atoms with Crippen LogP contribution in [0.5, 0.6) is 0 Å². The lowest BCUT2D eigenvalue weighted by molar-refractivity contribution is -0.144. The van der Waals surface area contributed by atoms with Gasteiger partial charge in [0.25, 0.3) is 0 Å². The molecule has 0 aromatic carbocycles. The second-order valence-electron chi connectivity index (χ2n) is 2.65. The van der Waals surface area contributed by atoms with Crippen molar-refractivity contribution in [1.82, 2.24) is 0 Å². The summed E-state index contributed by atoms with van der Waals surface area (Å²) in [4.78, 5) is 9.44. The highest BCUT2D eigenvalue weighted by Gasteiger charge is 2.52. The molecule has 0 radical (unpaired) electrons. The summed E-state index contributed by atoms with van der Waals surface area (Å²) in [7, 11) is 0. The van der Waals surface area contributed by atoms with Crippen molar-refractivity contribution in [2.24, 2.45) is 0 Å². The van der Waals surface area contributed by atoms with E-state index >= 15 is 0 Å². The summed E-state index contributed by atoms with van der Waals surface area (Å²) in [5.74, 6) is -0.689. The van der Waals surface area contributed by atoms with Crippen LogP contribution >= 0.6 is 11.6 Å². The molecule has 1 fully saturated rings. The van der Waals surface area contributed by atoms with Crippen molar-refractivity contribution in [2.75, 3.05) is 6.61 Å². The first-order valence-corrected chi connectivity index (χ1v) is 3.57.